The lowest BCUT2D eigenvalue weighted by Crippen LogP contribution is -2.21. The second-order valence-corrected chi connectivity index (χ2v) is 5.99. The highest BCUT2D eigenvalue weighted by Gasteiger charge is 2.09. The maximum Gasteiger partial charge on any atom is 0.331 e. The van der Waals surface area contributed by atoms with E-state index in [0.29, 0.717) is 34.9 Å². The summed E-state index contributed by atoms with van der Waals surface area (Å²) in [7, 11) is 3.06. The van der Waals surface area contributed by atoms with Gasteiger partial charge < -0.3 is 24.8 Å². The monoisotopic (exact) mass is 412 g/mol. The second kappa shape index (κ2) is 11.3. The fourth-order valence-electron chi connectivity index (χ4n) is 2.49. The maximum absolute atomic E-state index is 12.0. The molecule has 0 aliphatic heterocycles. The lowest BCUT2D eigenvalue weighted by Gasteiger charge is -2.09. The van der Waals surface area contributed by atoms with Gasteiger partial charge in [-0.25, -0.2) is 4.79 Å². The third-order valence-electron chi connectivity index (χ3n) is 3.88. The summed E-state index contributed by atoms with van der Waals surface area (Å²) in [6, 6.07) is 11.6. The number of methoxy groups -OCH3 is 1. The standard InChI is InChI=1S/C22H24N2O6/c1-4-29-19-12-15(8-10-18(19)28-3)9-11-21(26)30-14-20(25)24-17-7-5-6-16(13-17)22(27)23-2/h5-13H,4,14H2,1-3H3,(H,23,27)(H,24,25)/b11-9+. The number of esters is 1. The molecule has 2 N–H and O–H groups in total. The van der Waals surface area contributed by atoms with Gasteiger partial charge in [0.05, 0.1) is 13.7 Å². The highest BCUT2D eigenvalue weighted by molar-refractivity contribution is 5.98. The molecule has 30 heavy (non-hydrogen) atoms. The molecule has 0 aromatic heterocycles. The molecule has 2 aromatic carbocycles. The normalized spacial score (nSPS) is 10.4. The van der Waals surface area contributed by atoms with Crippen molar-refractivity contribution in [2.75, 3.05) is 32.7 Å². The van der Waals surface area contributed by atoms with Gasteiger partial charge in [0.2, 0.25) is 0 Å². The molecule has 8 nitrogen and oxygen atoms in total. The van der Waals surface area contributed by atoms with Crippen molar-refractivity contribution in [3.63, 3.8) is 0 Å². The van der Waals surface area contributed by atoms with E-state index in [1.807, 2.05) is 6.92 Å². The largest absolute Gasteiger partial charge is 0.493 e. The minimum Gasteiger partial charge on any atom is -0.493 e. The number of hydrogen-bond donors (Lipinski definition) is 2. The Morgan fingerprint density at radius 1 is 1.07 bits per heavy atom. The van der Waals surface area contributed by atoms with Crippen LogP contribution in [0.2, 0.25) is 0 Å². The van der Waals surface area contributed by atoms with Crippen LogP contribution < -0.4 is 20.1 Å². The molecule has 2 aromatic rings. The minimum absolute atomic E-state index is 0.270. The van der Waals surface area contributed by atoms with Crippen LogP contribution in [-0.4, -0.2) is 45.2 Å². The van der Waals surface area contributed by atoms with Crippen LogP contribution in [0.25, 0.3) is 6.08 Å². The summed E-state index contributed by atoms with van der Waals surface area (Å²) in [5, 5.41) is 5.08. The van der Waals surface area contributed by atoms with Crippen molar-refractivity contribution in [3.8, 4) is 11.5 Å². The molecule has 0 aliphatic carbocycles. The predicted molar refractivity (Wildman–Crippen MR) is 113 cm³/mol. The fourth-order valence-corrected chi connectivity index (χ4v) is 2.49. The highest BCUT2D eigenvalue weighted by atomic mass is 16.5. The van der Waals surface area contributed by atoms with Gasteiger partial charge in [-0.1, -0.05) is 12.1 Å². The summed E-state index contributed by atoms with van der Waals surface area (Å²) in [6.07, 6.45) is 2.77. The second-order valence-electron chi connectivity index (χ2n) is 5.99. The summed E-state index contributed by atoms with van der Waals surface area (Å²) in [6.45, 7) is 1.88. The molecule has 0 heterocycles. The maximum atomic E-state index is 12.0. The average molecular weight is 412 g/mol. The van der Waals surface area contributed by atoms with Crippen LogP contribution in [-0.2, 0) is 14.3 Å². The lowest BCUT2D eigenvalue weighted by molar-refractivity contribution is -0.142. The lowest BCUT2D eigenvalue weighted by atomic mass is 10.2. The van der Waals surface area contributed by atoms with Gasteiger partial charge in [0.15, 0.2) is 18.1 Å². The minimum atomic E-state index is -0.668. The van der Waals surface area contributed by atoms with E-state index < -0.39 is 18.5 Å². The van der Waals surface area contributed by atoms with Crippen LogP contribution in [0.3, 0.4) is 0 Å². The Morgan fingerprint density at radius 2 is 1.87 bits per heavy atom. The zero-order valence-electron chi connectivity index (χ0n) is 17.1. The number of benzene rings is 2. The molecule has 0 fully saturated rings. The van der Waals surface area contributed by atoms with Gasteiger partial charge in [-0.3, -0.25) is 9.59 Å². The molecule has 2 amide bonds. The molecule has 0 unspecified atom stereocenters. The van der Waals surface area contributed by atoms with E-state index in [1.165, 1.54) is 19.2 Å². The molecule has 0 bridgehead atoms. The number of rotatable bonds is 9. The van der Waals surface area contributed by atoms with Gasteiger partial charge in [-0.15, -0.1) is 0 Å². The van der Waals surface area contributed by atoms with E-state index in [0.717, 1.165) is 0 Å². The topological polar surface area (TPSA) is 103 Å². The molecule has 0 saturated heterocycles. The summed E-state index contributed by atoms with van der Waals surface area (Å²) >= 11 is 0. The van der Waals surface area contributed by atoms with Crippen molar-refractivity contribution in [2.24, 2.45) is 0 Å². The van der Waals surface area contributed by atoms with Gasteiger partial charge in [0.25, 0.3) is 11.8 Å². The van der Waals surface area contributed by atoms with E-state index in [2.05, 4.69) is 10.6 Å². The first-order chi connectivity index (χ1) is 14.5. The quantitative estimate of drug-likeness (QED) is 0.485. The number of anilines is 1. The molecule has 0 saturated carbocycles. The van der Waals surface area contributed by atoms with Crippen molar-refractivity contribution in [3.05, 3.63) is 59.7 Å². The van der Waals surface area contributed by atoms with Crippen LogP contribution >= 0.6 is 0 Å². The number of ether oxygens (including phenoxy) is 3. The SMILES string of the molecule is CCOc1cc(/C=C/C(=O)OCC(=O)Nc2cccc(C(=O)NC)c2)ccc1OC. The predicted octanol–water partition coefficient (Wildman–Crippen LogP) is 2.65. The van der Waals surface area contributed by atoms with Crippen molar-refractivity contribution in [2.45, 2.75) is 6.92 Å². The van der Waals surface area contributed by atoms with Gasteiger partial charge in [-0.05, 0) is 48.9 Å². The molecule has 0 atom stereocenters. The Hall–Kier alpha value is -3.81. The first kappa shape index (κ1) is 22.5. The number of carbonyl (C=O) groups is 3. The van der Waals surface area contributed by atoms with Crippen LogP contribution in [0, 0.1) is 0 Å². The third kappa shape index (κ3) is 6.66. The zero-order valence-corrected chi connectivity index (χ0v) is 17.1. The molecule has 2 rings (SSSR count). The van der Waals surface area contributed by atoms with Gasteiger partial charge >= 0.3 is 5.97 Å². The number of amides is 2. The van der Waals surface area contributed by atoms with Crippen LogP contribution in [0.15, 0.2) is 48.5 Å². The van der Waals surface area contributed by atoms with E-state index in [1.54, 1.807) is 49.6 Å². The van der Waals surface area contributed by atoms with Crippen LogP contribution in [0.5, 0.6) is 11.5 Å². The van der Waals surface area contributed by atoms with Gasteiger partial charge in [0, 0.05) is 24.4 Å². The molecule has 0 spiro atoms. The zero-order chi connectivity index (χ0) is 21.9. The highest BCUT2D eigenvalue weighted by Crippen LogP contribution is 2.28. The van der Waals surface area contributed by atoms with Crippen LogP contribution in [0.4, 0.5) is 5.69 Å². The molecule has 8 heteroatoms. The van der Waals surface area contributed by atoms with Gasteiger partial charge in [0.1, 0.15) is 0 Å². The van der Waals surface area contributed by atoms with E-state index in [-0.39, 0.29) is 5.91 Å². The fraction of sp³-hybridized carbons (Fsp3) is 0.227. The number of carbonyl (C=O) groups excluding carboxylic acids is 3. The smallest absolute Gasteiger partial charge is 0.331 e. The molecular formula is C22H24N2O6. The first-order valence-electron chi connectivity index (χ1n) is 9.24. The van der Waals surface area contributed by atoms with Crippen molar-refractivity contribution < 1.29 is 28.6 Å². The Bertz CT molecular complexity index is 939. The Balaban J connectivity index is 1.89. The van der Waals surface area contributed by atoms with Crippen molar-refractivity contribution >= 4 is 29.5 Å². The summed E-state index contributed by atoms with van der Waals surface area (Å²) in [5.41, 5.74) is 1.54. The van der Waals surface area contributed by atoms with Crippen molar-refractivity contribution in [1.82, 2.24) is 5.32 Å². The third-order valence-corrected chi connectivity index (χ3v) is 3.88. The van der Waals surface area contributed by atoms with E-state index in [9.17, 15) is 14.4 Å². The van der Waals surface area contributed by atoms with Gasteiger partial charge in [-0.2, -0.15) is 0 Å². The van der Waals surface area contributed by atoms with E-state index >= 15 is 0 Å². The van der Waals surface area contributed by atoms with Crippen molar-refractivity contribution in [1.29, 1.82) is 0 Å². The molecule has 158 valence electrons. The number of nitrogens with one attached hydrogen (secondary N) is 2. The van der Waals surface area contributed by atoms with Crippen LogP contribution in [0.1, 0.15) is 22.8 Å². The Labute approximate surface area is 174 Å². The Kier molecular flexibility index (Phi) is 8.43. The molecular weight excluding hydrogens is 388 g/mol. The number of hydrogen-bond acceptors (Lipinski definition) is 6. The summed E-state index contributed by atoms with van der Waals surface area (Å²) < 4.78 is 15.6. The molecule has 0 aliphatic rings. The average Bonchev–Trinajstić information content (AvgIpc) is 2.76. The molecule has 0 radical (unpaired) electrons. The van der Waals surface area contributed by atoms with E-state index in [4.69, 9.17) is 14.2 Å². The Morgan fingerprint density at radius 3 is 2.57 bits per heavy atom. The first-order valence-corrected chi connectivity index (χ1v) is 9.24. The summed E-state index contributed by atoms with van der Waals surface area (Å²) in [4.78, 5) is 35.5. The summed E-state index contributed by atoms with van der Waals surface area (Å²) in [5.74, 6) is -0.303.